The summed E-state index contributed by atoms with van der Waals surface area (Å²) in [4.78, 5) is 14.2. The van der Waals surface area contributed by atoms with Gasteiger partial charge in [0.15, 0.2) is 5.82 Å². The number of amides is 1. The van der Waals surface area contributed by atoms with Gasteiger partial charge in [0.25, 0.3) is 5.91 Å². The Labute approximate surface area is 130 Å². The highest BCUT2D eigenvalue weighted by Gasteiger charge is 2.21. The molecule has 1 unspecified atom stereocenters. The molecule has 0 bridgehead atoms. The lowest BCUT2D eigenvalue weighted by Gasteiger charge is -2.18. The highest BCUT2D eigenvalue weighted by Crippen LogP contribution is 2.21. The van der Waals surface area contributed by atoms with E-state index in [1.807, 2.05) is 37.5 Å². The molecule has 6 nitrogen and oxygen atoms in total. The van der Waals surface area contributed by atoms with Crippen molar-refractivity contribution in [3.8, 4) is 5.82 Å². The summed E-state index contributed by atoms with van der Waals surface area (Å²) in [6.07, 6.45) is 0.143. The van der Waals surface area contributed by atoms with E-state index in [2.05, 4.69) is 5.16 Å². The highest BCUT2D eigenvalue weighted by atomic mass is 16.5. The van der Waals surface area contributed by atoms with Crippen LogP contribution in [0.4, 0.5) is 0 Å². The van der Waals surface area contributed by atoms with Crippen molar-refractivity contribution in [2.75, 3.05) is 13.6 Å². The second kappa shape index (κ2) is 6.36. The SMILES string of the molecule is Cc1cc(-n2c(C)cc(C(=O)N(C)CCC(C)O)c2C)no1. The van der Waals surface area contributed by atoms with Gasteiger partial charge in [-0.2, -0.15) is 0 Å². The number of aryl methyl sites for hydroxylation is 2. The topological polar surface area (TPSA) is 71.5 Å². The van der Waals surface area contributed by atoms with Crippen LogP contribution in [0, 0.1) is 20.8 Å². The van der Waals surface area contributed by atoms with Gasteiger partial charge in [-0.1, -0.05) is 5.16 Å². The van der Waals surface area contributed by atoms with Crippen LogP contribution in [0.15, 0.2) is 16.7 Å². The van der Waals surface area contributed by atoms with E-state index < -0.39 is 6.10 Å². The van der Waals surface area contributed by atoms with Crippen molar-refractivity contribution >= 4 is 5.91 Å². The first-order chi connectivity index (χ1) is 10.3. The Kier molecular flexibility index (Phi) is 4.71. The van der Waals surface area contributed by atoms with Crippen LogP contribution in [0.25, 0.3) is 5.82 Å². The summed E-state index contributed by atoms with van der Waals surface area (Å²) in [6, 6.07) is 3.70. The smallest absolute Gasteiger partial charge is 0.255 e. The van der Waals surface area contributed by atoms with Gasteiger partial charge in [-0.3, -0.25) is 9.36 Å². The molecule has 0 aliphatic heterocycles. The van der Waals surface area contributed by atoms with E-state index in [4.69, 9.17) is 4.52 Å². The van der Waals surface area contributed by atoms with Gasteiger partial charge in [-0.05, 0) is 40.2 Å². The summed E-state index contributed by atoms with van der Waals surface area (Å²) in [5.74, 6) is 1.35. The van der Waals surface area contributed by atoms with Crippen molar-refractivity contribution < 1.29 is 14.4 Å². The Morgan fingerprint density at radius 1 is 1.41 bits per heavy atom. The predicted molar refractivity (Wildman–Crippen MR) is 83.3 cm³/mol. The number of carbonyl (C=O) groups is 1. The summed E-state index contributed by atoms with van der Waals surface area (Å²) in [7, 11) is 1.75. The van der Waals surface area contributed by atoms with Crippen LogP contribution in [0.2, 0.25) is 0 Å². The zero-order valence-electron chi connectivity index (χ0n) is 13.8. The zero-order chi connectivity index (χ0) is 16.4. The fourth-order valence-corrected chi connectivity index (χ4v) is 2.48. The Hall–Kier alpha value is -2.08. The fourth-order valence-electron chi connectivity index (χ4n) is 2.48. The number of carbonyl (C=O) groups excluding carboxylic acids is 1. The minimum atomic E-state index is -0.416. The molecule has 2 rings (SSSR count). The van der Waals surface area contributed by atoms with Gasteiger partial charge in [0.05, 0.1) is 11.7 Å². The lowest BCUT2D eigenvalue weighted by molar-refractivity contribution is 0.0768. The molecule has 0 radical (unpaired) electrons. The van der Waals surface area contributed by atoms with Gasteiger partial charge in [0, 0.05) is 31.0 Å². The predicted octanol–water partition coefficient (Wildman–Crippen LogP) is 2.23. The minimum Gasteiger partial charge on any atom is -0.393 e. The van der Waals surface area contributed by atoms with Crippen molar-refractivity contribution in [1.29, 1.82) is 0 Å². The van der Waals surface area contributed by atoms with Gasteiger partial charge in [0.2, 0.25) is 0 Å². The molecule has 2 aromatic heterocycles. The Bertz CT molecular complexity index is 670. The average Bonchev–Trinajstić information content (AvgIpc) is 2.98. The molecule has 0 fully saturated rings. The van der Waals surface area contributed by atoms with Crippen LogP contribution in [-0.4, -0.2) is 45.3 Å². The lowest BCUT2D eigenvalue weighted by Crippen LogP contribution is -2.29. The molecule has 1 amide bonds. The van der Waals surface area contributed by atoms with Crippen molar-refractivity contribution in [2.24, 2.45) is 0 Å². The number of aromatic nitrogens is 2. The second-order valence-electron chi connectivity index (χ2n) is 5.78. The van der Waals surface area contributed by atoms with Gasteiger partial charge in [0.1, 0.15) is 5.76 Å². The number of nitrogens with zero attached hydrogens (tertiary/aromatic N) is 3. The van der Waals surface area contributed by atoms with E-state index in [0.29, 0.717) is 24.3 Å². The van der Waals surface area contributed by atoms with Gasteiger partial charge < -0.3 is 14.5 Å². The summed E-state index contributed by atoms with van der Waals surface area (Å²) < 4.78 is 7.03. The third-order valence-electron chi connectivity index (χ3n) is 3.74. The molecular weight excluding hydrogens is 282 g/mol. The Balaban J connectivity index is 2.28. The number of aliphatic hydroxyl groups excluding tert-OH is 1. The van der Waals surface area contributed by atoms with Crippen LogP contribution >= 0.6 is 0 Å². The summed E-state index contributed by atoms with van der Waals surface area (Å²) in [5.41, 5.74) is 2.41. The van der Waals surface area contributed by atoms with Gasteiger partial charge >= 0.3 is 0 Å². The third-order valence-corrected chi connectivity index (χ3v) is 3.74. The molecule has 0 saturated heterocycles. The normalized spacial score (nSPS) is 12.5. The lowest BCUT2D eigenvalue weighted by atomic mass is 10.2. The monoisotopic (exact) mass is 305 g/mol. The number of rotatable bonds is 5. The number of aliphatic hydroxyl groups is 1. The quantitative estimate of drug-likeness (QED) is 0.919. The Morgan fingerprint density at radius 2 is 2.09 bits per heavy atom. The van der Waals surface area contributed by atoms with Gasteiger partial charge in [-0.15, -0.1) is 0 Å². The fraction of sp³-hybridized carbons (Fsp3) is 0.500. The van der Waals surface area contributed by atoms with E-state index in [1.54, 1.807) is 18.9 Å². The summed E-state index contributed by atoms with van der Waals surface area (Å²) >= 11 is 0. The summed E-state index contributed by atoms with van der Waals surface area (Å²) in [5, 5.41) is 13.4. The van der Waals surface area contributed by atoms with Crippen LogP contribution in [0.3, 0.4) is 0 Å². The standard InChI is InChI=1S/C16H23N3O3/c1-10-8-14(16(21)18(5)7-6-11(2)20)13(4)19(10)15-9-12(3)22-17-15/h8-9,11,20H,6-7H2,1-5H3. The molecule has 2 aromatic rings. The molecule has 0 saturated carbocycles. The number of hydrogen-bond donors (Lipinski definition) is 1. The maximum atomic E-state index is 12.6. The Morgan fingerprint density at radius 3 is 2.64 bits per heavy atom. The summed E-state index contributed by atoms with van der Waals surface area (Å²) in [6.45, 7) is 7.90. The maximum absolute atomic E-state index is 12.6. The van der Waals surface area contributed by atoms with Crippen molar-refractivity contribution in [1.82, 2.24) is 14.6 Å². The largest absolute Gasteiger partial charge is 0.393 e. The molecular formula is C16H23N3O3. The second-order valence-corrected chi connectivity index (χ2v) is 5.78. The molecule has 0 aliphatic carbocycles. The molecule has 120 valence electrons. The van der Waals surface area contributed by atoms with Crippen LogP contribution in [-0.2, 0) is 0 Å². The zero-order valence-corrected chi connectivity index (χ0v) is 13.8. The molecule has 2 heterocycles. The van der Waals surface area contributed by atoms with E-state index >= 15 is 0 Å². The van der Waals surface area contributed by atoms with Crippen molar-refractivity contribution in [2.45, 2.75) is 40.2 Å². The molecule has 22 heavy (non-hydrogen) atoms. The third kappa shape index (κ3) is 3.22. The van der Waals surface area contributed by atoms with Crippen LogP contribution < -0.4 is 0 Å². The van der Waals surface area contributed by atoms with Gasteiger partial charge in [-0.25, -0.2) is 0 Å². The first-order valence-corrected chi connectivity index (χ1v) is 7.37. The first kappa shape index (κ1) is 16.3. The van der Waals surface area contributed by atoms with E-state index in [0.717, 1.165) is 17.1 Å². The molecule has 1 atom stereocenters. The van der Waals surface area contributed by atoms with E-state index in [9.17, 15) is 9.90 Å². The maximum Gasteiger partial charge on any atom is 0.255 e. The van der Waals surface area contributed by atoms with Crippen LogP contribution in [0.5, 0.6) is 0 Å². The highest BCUT2D eigenvalue weighted by molar-refractivity contribution is 5.95. The molecule has 0 aliphatic rings. The molecule has 6 heteroatoms. The molecule has 0 spiro atoms. The van der Waals surface area contributed by atoms with E-state index in [-0.39, 0.29) is 5.91 Å². The van der Waals surface area contributed by atoms with Crippen molar-refractivity contribution in [3.05, 3.63) is 34.8 Å². The first-order valence-electron chi connectivity index (χ1n) is 7.37. The average molecular weight is 305 g/mol. The molecule has 0 aromatic carbocycles. The molecule has 1 N–H and O–H groups in total. The number of hydrogen-bond acceptors (Lipinski definition) is 4. The van der Waals surface area contributed by atoms with Crippen LogP contribution in [0.1, 0.15) is 40.9 Å². The minimum absolute atomic E-state index is 0.0554. The van der Waals surface area contributed by atoms with E-state index in [1.165, 1.54) is 0 Å². The van der Waals surface area contributed by atoms with Crippen molar-refractivity contribution in [3.63, 3.8) is 0 Å².